The highest BCUT2D eigenvalue weighted by Crippen LogP contribution is 2.26. The summed E-state index contributed by atoms with van der Waals surface area (Å²) < 4.78 is 6.96. The van der Waals surface area contributed by atoms with Crippen LogP contribution in [-0.2, 0) is 4.74 Å². The normalized spacial score (nSPS) is 14.8. The monoisotopic (exact) mass is 319 g/mol. The molecule has 118 valence electrons. The summed E-state index contributed by atoms with van der Waals surface area (Å²) >= 11 is 0. The molecular formula is C16H13N7O. The van der Waals surface area contributed by atoms with Crippen LogP contribution in [0.25, 0.3) is 27.8 Å². The van der Waals surface area contributed by atoms with Gasteiger partial charge < -0.3 is 10.1 Å². The lowest BCUT2D eigenvalue weighted by atomic mass is 10.1. The summed E-state index contributed by atoms with van der Waals surface area (Å²) in [5.41, 5.74) is 4.28. The van der Waals surface area contributed by atoms with Gasteiger partial charge in [-0.25, -0.2) is 19.5 Å². The molecule has 8 heteroatoms. The molecule has 1 fully saturated rings. The van der Waals surface area contributed by atoms with Crippen LogP contribution < -0.4 is 5.32 Å². The molecule has 1 N–H and O–H groups in total. The molecule has 4 aromatic rings. The second-order valence-corrected chi connectivity index (χ2v) is 5.64. The summed E-state index contributed by atoms with van der Waals surface area (Å²) in [6.07, 6.45) is 8.82. The van der Waals surface area contributed by atoms with Crippen LogP contribution in [0.15, 0.2) is 43.1 Å². The minimum Gasteiger partial charge on any atom is -0.377 e. The lowest BCUT2D eigenvalue weighted by Gasteiger charge is -2.26. The van der Waals surface area contributed by atoms with E-state index in [1.54, 1.807) is 18.6 Å². The molecule has 1 aliphatic rings. The number of nitrogens with one attached hydrogen (secondary N) is 1. The highest BCUT2D eigenvalue weighted by atomic mass is 16.5. The van der Waals surface area contributed by atoms with E-state index in [9.17, 15) is 0 Å². The van der Waals surface area contributed by atoms with Crippen molar-refractivity contribution in [3.8, 4) is 11.1 Å². The first-order valence-corrected chi connectivity index (χ1v) is 7.63. The number of ether oxygens (including phenoxy) is 1. The summed E-state index contributed by atoms with van der Waals surface area (Å²) in [5, 5.41) is 7.74. The predicted molar refractivity (Wildman–Crippen MR) is 87.5 cm³/mol. The van der Waals surface area contributed by atoms with Gasteiger partial charge in [0, 0.05) is 35.9 Å². The van der Waals surface area contributed by atoms with E-state index in [-0.39, 0.29) is 0 Å². The van der Waals surface area contributed by atoms with Crippen molar-refractivity contribution in [2.24, 2.45) is 0 Å². The third-order valence-electron chi connectivity index (χ3n) is 4.02. The van der Waals surface area contributed by atoms with Crippen molar-refractivity contribution >= 4 is 22.6 Å². The van der Waals surface area contributed by atoms with E-state index >= 15 is 0 Å². The minimum absolute atomic E-state index is 0.292. The van der Waals surface area contributed by atoms with Gasteiger partial charge in [-0.1, -0.05) is 0 Å². The third-order valence-corrected chi connectivity index (χ3v) is 4.02. The Labute approximate surface area is 136 Å². The summed E-state index contributed by atoms with van der Waals surface area (Å²) in [4.78, 5) is 17.3. The Hall–Kier alpha value is -3.13. The van der Waals surface area contributed by atoms with Crippen LogP contribution in [0.3, 0.4) is 0 Å². The van der Waals surface area contributed by atoms with Gasteiger partial charge in [0.1, 0.15) is 5.52 Å². The van der Waals surface area contributed by atoms with Crippen LogP contribution in [0.4, 0.5) is 5.95 Å². The average molecular weight is 319 g/mol. The molecule has 0 amide bonds. The van der Waals surface area contributed by atoms with Gasteiger partial charge in [-0.2, -0.15) is 0 Å². The summed E-state index contributed by atoms with van der Waals surface area (Å²) in [5.74, 6) is 0.598. The number of hydrogen-bond acceptors (Lipinski definition) is 7. The number of fused-ring (bicyclic) bond motifs is 2. The number of aromatic nitrogens is 6. The van der Waals surface area contributed by atoms with Crippen molar-refractivity contribution in [1.82, 2.24) is 29.5 Å². The first-order chi connectivity index (χ1) is 11.9. The molecule has 0 unspecified atom stereocenters. The largest absolute Gasteiger partial charge is 0.377 e. The molecule has 1 saturated heterocycles. The van der Waals surface area contributed by atoms with E-state index in [1.165, 1.54) is 0 Å². The second kappa shape index (κ2) is 5.20. The van der Waals surface area contributed by atoms with E-state index in [0.29, 0.717) is 30.9 Å². The van der Waals surface area contributed by atoms with Gasteiger partial charge in [-0.05, 0) is 12.1 Å². The molecule has 5 heterocycles. The average Bonchev–Trinajstić information content (AvgIpc) is 3.01. The first kappa shape index (κ1) is 13.3. The third kappa shape index (κ3) is 2.16. The highest BCUT2D eigenvalue weighted by molar-refractivity contribution is 5.84. The molecule has 4 aromatic heterocycles. The van der Waals surface area contributed by atoms with E-state index < -0.39 is 0 Å². The van der Waals surface area contributed by atoms with E-state index in [2.05, 4.69) is 30.4 Å². The Bertz CT molecular complexity index is 1040. The SMILES string of the molecule is c1cnc2ncc(-c3ccn4nc(NC5COC5)ncc34)cc2n1. The predicted octanol–water partition coefficient (Wildman–Crippen LogP) is 1.55. The molecule has 0 radical (unpaired) electrons. The number of nitrogens with zero attached hydrogens (tertiary/aromatic N) is 6. The Balaban J connectivity index is 1.55. The maximum Gasteiger partial charge on any atom is 0.241 e. The smallest absolute Gasteiger partial charge is 0.241 e. The van der Waals surface area contributed by atoms with Crippen molar-refractivity contribution < 1.29 is 4.74 Å². The van der Waals surface area contributed by atoms with E-state index in [0.717, 1.165) is 22.2 Å². The summed E-state index contributed by atoms with van der Waals surface area (Å²) in [6.45, 7) is 1.39. The van der Waals surface area contributed by atoms with Crippen molar-refractivity contribution in [2.45, 2.75) is 6.04 Å². The highest BCUT2D eigenvalue weighted by Gasteiger charge is 2.19. The fourth-order valence-electron chi connectivity index (χ4n) is 2.72. The van der Waals surface area contributed by atoms with Gasteiger partial charge in [0.25, 0.3) is 0 Å². The maximum atomic E-state index is 5.15. The quantitative estimate of drug-likeness (QED) is 0.612. The number of rotatable bonds is 3. The first-order valence-electron chi connectivity index (χ1n) is 7.63. The van der Waals surface area contributed by atoms with Gasteiger partial charge >= 0.3 is 0 Å². The van der Waals surface area contributed by atoms with Crippen molar-refractivity contribution in [2.75, 3.05) is 18.5 Å². The zero-order valence-corrected chi connectivity index (χ0v) is 12.6. The Morgan fingerprint density at radius 2 is 2.00 bits per heavy atom. The Morgan fingerprint density at radius 1 is 1.08 bits per heavy atom. The molecule has 0 aliphatic carbocycles. The number of anilines is 1. The second-order valence-electron chi connectivity index (χ2n) is 5.64. The Morgan fingerprint density at radius 3 is 2.88 bits per heavy atom. The molecule has 0 saturated carbocycles. The van der Waals surface area contributed by atoms with E-state index in [4.69, 9.17) is 4.74 Å². The van der Waals surface area contributed by atoms with Crippen LogP contribution in [0.2, 0.25) is 0 Å². The van der Waals surface area contributed by atoms with Crippen LogP contribution in [0.1, 0.15) is 0 Å². The molecule has 1 aliphatic heterocycles. The number of hydrogen-bond donors (Lipinski definition) is 1. The molecule has 0 atom stereocenters. The molecule has 0 spiro atoms. The standard InChI is InChI=1S/C16H13N7O/c1-4-23-14(7-20-16(22-23)21-11-8-24-9-11)12(1)10-5-13-15(19-6-10)18-3-2-17-13/h1-7,11H,8-9H2,(H,21,22). The van der Waals surface area contributed by atoms with Gasteiger partial charge in [-0.3, -0.25) is 4.98 Å². The molecule has 5 rings (SSSR count). The molecule has 0 bridgehead atoms. The van der Waals surface area contributed by atoms with Crippen molar-refractivity contribution in [1.29, 1.82) is 0 Å². The van der Waals surface area contributed by atoms with Crippen molar-refractivity contribution in [3.05, 3.63) is 43.1 Å². The van der Waals surface area contributed by atoms with Crippen LogP contribution in [0, 0.1) is 0 Å². The molecule has 8 nitrogen and oxygen atoms in total. The lowest BCUT2D eigenvalue weighted by molar-refractivity contribution is 0.0207. The molecule has 24 heavy (non-hydrogen) atoms. The Kier molecular flexibility index (Phi) is 2.89. The minimum atomic E-state index is 0.292. The lowest BCUT2D eigenvalue weighted by Crippen LogP contribution is -2.40. The summed E-state index contributed by atoms with van der Waals surface area (Å²) in [7, 11) is 0. The number of pyridine rings is 1. The molecular weight excluding hydrogens is 306 g/mol. The van der Waals surface area contributed by atoms with Gasteiger partial charge in [0.05, 0.1) is 31.0 Å². The molecule has 0 aromatic carbocycles. The maximum absolute atomic E-state index is 5.15. The summed E-state index contributed by atoms with van der Waals surface area (Å²) in [6, 6.07) is 4.27. The van der Waals surface area contributed by atoms with Gasteiger partial charge in [0.2, 0.25) is 5.95 Å². The zero-order valence-electron chi connectivity index (χ0n) is 12.6. The van der Waals surface area contributed by atoms with E-state index in [1.807, 2.05) is 29.0 Å². The fraction of sp³-hybridized carbons (Fsp3) is 0.188. The van der Waals surface area contributed by atoms with Crippen LogP contribution in [0.5, 0.6) is 0 Å². The van der Waals surface area contributed by atoms with Crippen LogP contribution >= 0.6 is 0 Å². The van der Waals surface area contributed by atoms with Crippen LogP contribution in [-0.4, -0.2) is 48.8 Å². The van der Waals surface area contributed by atoms with Gasteiger partial charge in [-0.15, -0.1) is 5.10 Å². The van der Waals surface area contributed by atoms with Crippen molar-refractivity contribution in [3.63, 3.8) is 0 Å². The fourth-order valence-corrected chi connectivity index (χ4v) is 2.72. The topological polar surface area (TPSA) is 90.1 Å². The van der Waals surface area contributed by atoms with Gasteiger partial charge in [0.15, 0.2) is 5.65 Å². The zero-order chi connectivity index (χ0) is 15.9.